The Balaban J connectivity index is 1.82. The number of anilines is 1. The summed E-state index contributed by atoms with van der Waals surface area (Å²) >= 11 is 0. The topological polar surface area (TPSA) is 29.5 Å². The average molecular weight is 255 g/mol. The van der Waals surface area contributed by atoms with Crippen LogP contribution < -0.4 is 4.90 Å². The Morgan fingerprint density at radius 1 is 1.00 bits per heavy atom. The highest BCUT2D eigenvalue weighted by Gasteiger charge is 2.10. The summed E-state index contributed by atoms with van der Waals surface area (Å²) < 4.78 is 5.43. The molecule has 0 saturated carbocycles. The number of amides is 1. The predicted molar refractivity (Wildman–Crippen MR) is 76.0 cm³/mol. The maximum absolute atomic E-state index is 11.9. The maximum atomic E-state index is 11.9. The van der Waals surface area contributed by atoms with Crippen LogP contribution in [0.2, 0.25) is 0 Å². The highest BCUT2D eigenvalue weighted by Crippen LogP contribution is 2.11. The Bertz CT molecular complexity index is 511. The Labute approximate surface area is 113 Å². The molecule has 1 amide bonds. The monoisotopic (exact) mass is 255 g/mol. The molecule has 0 N–H and O–H groups in total. The van der Waals surface area contributed by atoms with Gasteiger partial charge in [-0.3, -0.25) is 4.79 Å². The number of para-hydroxylation sites is 1. The number of hydrogen-bond acceptors (Lipinski definition) is 2. The van der Waals surface area contributed by atoms with Crippen LogP contribution in [0, 0.1) is 0 Å². The van der Waals surface area contributed by atoms with Crippen LogP contribution in [0.1, 0.15) is 5.56 Å². The molecule has 0 aliphatic heterocycles. The van der Waals surface area contributed by atoms with Crippen molar-refractivity contribution in [2.75, 3.05) is 18.6 Å². The van der Waals surface area contributed by atoms with E-state index >= 15 is 0 Å². The standard InChI is InChI=1S/C16H17NO2/c1-17(15-10-6-3-7-11-15)16(18)13-19-12-14-8-4-2-5-9-14/h2-11H,12-13H2,1H3. The third kappa shape index (κ3) is 3.93. The van der Waals surface area contributed by atoms with Crippen molar-refractivity contribution in [1.82, 2.24) is 0 Å². The zero-order valence-corrected chi connectivity index (χ0v) is 11.0. The minimum absolute atomic E-state index is 0.0536. The van der Waals surface area contributed by atoms with E-state index in [4.69, 9.17) is 4.74 Å². The molecule has 0 aromatic heterocycles. The lowest BCUT2D eigenvalue weighted by Crippen LogP contribution is -2.29. The van der Waals surface area contributed by atoms with Crippen LogP contribution in [0.15, 0.2) is 60.7 Å². The Hall–Kier alpha value is -2.13. The van der Waals surface area contributed by atoms with Crippen LogP contribution in [0.5, 0.6) is 0 Å². The summed E-state index contributed by atoms with van der Waals surface area (Å²) in [4.78, 5) is 13.5. The van der Waals surface area contributed by atoms with E-state index in [0.717, 1.165) is 11.3 Å². The molecule has 0 spiro atoms. The number of carbonyl (C=O) groups is 1. The highest BCUT2D eigenvalue weighted by atomic mass is 16.5. The van der Waals surface area contributed by atoms with Gasteiger partial charge in [-0.1, -0.05) is 48.5 Å². The summed E-state index contributed by atoms with van der Waals surface area (Å²) in [6.07, 6.45) is 0. The largest absolute Gasteiger partial charge is 0.367 e. The summed E-state index contributed by atoms with van der Waals surface area (Å²) in [6.45, 7) is 0.537. The fraction of sp³-hybridized carbons (Fsp3) is 0.188. The van der Waals surface area contributed by atoms with Gasteiger partial charge in [-0.25, -0.2) is 0 Å². The molecule has 0 aliphatic carbocycles. The number of benzene rings is 2. The van der Waals surface area contributed by atoms with Crippen LogP contribution in [-0.4, -0.2) is 19.6 Å². The van der Waals surface area contributed by atoms with E-state index in [-0.39, 0.29) is 12.5 Å². The molecular formula is C16H17NO2. The van der Waals surface area contributed by atoms with Gasteiger partial charge in [0.15, 0.2) is 0 Å². The van der Waals surface area contributed by atoms with E-state index in [9.17, 15) is 4.79 Å². The van der Waals surface area contributed by atoms with Gasteiger partial charge in [-0.15, -0.1) is 0 Å². The molecule has 0 aliphatic rings. The van der Waals surface area contributed by atoms with Crippen molar-refractivity contribution in [3.63, 3.8) is 0 Å². The number of likely N-dealkylation sites (N-methyl/N-ethyl adjacent to an activating group) is 1. The van der Waals surface area contributed by atoms with Crippen molar-refractivity contribution < 1.29 is 9.53 Å². The molecule has 0 radical (unpaired) electrons. The molecule has 0 fully saturated rings. The average Bonchev–Trinajstić information content (AvgIpc) is 2.48. The second-order valence-electron chi connectivity index (χ2n) is 4.27. The summed E-state index contributed by atoms with van der Waals surface area (Å²) in [7, 11) is 1.75. The second kappa shape index (κ2) is 6.71. The molecule has 0 unspecified atom stereocenters. The third-order valence-electron chi connectivity index (χ3n) is 2.85. The molecule has 19 heavy (non-hydrogen) atoms. The van der Waals surface area contributed by atoms with E-state index in [2.05, 4.69) is 0 Å². The van der Waals surface area contributed by atoms with Gasteiger partial charge in [-0.2, -0.15) is 0 Å². The van der Waals surface area contributed by atoms with Crippen LogP contribution >= 0.6 is 0 Å². The molecule has 98 valence electrons. The van der Waals surface area contributed by atoms with Crippen molar-refractivity contribution >= 4 is 11.6 Å². The fourth-order valence-electron chi connectivity index (χ4n) is 1.72. The quantitative estimate of drug-likeness (QED) is 0.822. The van der Waals surface area contributed by atoms with Gasteiger partial charge >= 0.3 is 0 Å². The molecule has 0 saturated heterocycles. The molecule has 3 heteroatoms. The smallest absolute Gasteiger partial charge is 0.252 e. The van der Waals surface area contributed by atoms with Gasteiger partial charge in [0.25, 0.3) is 5.91 Å². The summed E-state index contributed by atoms with van der Waals surface area (Å²) in [6, 6.07) is 19.4. The number of ether oxygens (including phenoxy) is 1. The predicted octanol–water partition coefficient (Wildman–Crippen LogP) is 2.87. The number of hydrogen-bond donors (Lipinski definition) is 0. The van der Waals surface area contributed by atoms with Crippen LogP contribution in [0.3, 0.4) is 0 Å². The van der Waals surface area contributed by atoms with E-state index in [1.807, 2.05) is 60.7 Å². The number of rotatable bonds is 5. The Morgan fingerprint density at radius 3 is 2.21 bits per heavy atom. The fourth-order valence-corrected chi connectivity index (χ4v) is 1.72. The van der Waals surface area contributed by atoms with E-state index in [1.165, 1.54) is 0 Å². The van der Waals surface area contributed by atoms with Gasteiger partial charge in [0.05, 0.1) is 6.61 Å². The molecule has 2 aromatic carbocycles. The minimum Gasteiger partial charge on any atom is -0.367 e. The van der Waals surface area contributed by atoms with Crippen molar-refractivity contribution in [2.45, 2.75) is 6.61 Å². The summed E-state index contributed by atoms with van der Waals surface area (Å²) in [5.74, 6) is -0.0536. The Morgan fingerprint density at radius 2 is 1.58 bits per heavy atom. The van der Waals surface area contributed by atoms with Gasteiger partial charge in [0, 0.05) is 12.7 Å². The summed E-state index contributed by atoms with van der Waals surface area (Å²) in [5, 5.41) is 0. The van der Waals surface area contributed by atoms with Crippen molar-refractivity contribution in [1.29, 1.82) is 0 Å². The lowest BCUT2D eigenvalue weighted by Gasteiger charge is -2.17. The zero-order chi connectivity index (χ0) is 13.5. The van der Waals surface area contributed by atoms with Gasteiger partial charge in [0.2, 0.25) is 0 Å². The Kier molecular flexibility index (Phi) is 4.70. The minimum atomic E-state index is -0.0536. The van der Waals surface area contributed by atoms with E-state index in [1.54, 1.807) is 11.9 Å². The number of carbonyl (C=O) groups excluding carboxylic acids is 1. The molecule has 0 atom stereocenters. The first-order valence-corrected chi connectivity index (χ1v) is 6.20. The lowest BCUT2D eigenvalue weighted by atomic mass is 10.2. The molecule has 3 nitrogen and oxygen atoms in total. The first-order valence-electron chi connectivity index (χ1n) is 6.20. The molecule has 0 heterocycles. The first-order chi connectivity index (χ1) is 9.27. The molecule has 2 aromatic rings. The zero-order valence-electron chi connectivity index (χ0n) is 11.0. The second-order valence-corrected chi connectivity index (χ2v) is 4.27. The van der Waals surface area contributed by atoms with Crippen LogP contribution in [0.25, 0.3) is 0 Å². The normalized spacial score (nSPS) is 10.2. The van der Waals surface area contributed by atoms with Gasteiger partial charge in [-0.05, 0) is 17.7 Å². The van der Waals surface area contributed by atoms with Crippen molar-refractivity contribution in [3.8, 4) is 0 Å². The number of nitrogens with zero attached hydrogens (tertiary/aromatic N) is 1. The van der Waals surface area contributed by atoms with Gasteiger partial charge in [0.1, 0.15) is 6.61 Å². The van der Waals surface area contributed by atoms with E-state index in [0.29, 0.717) is 6.61 Å². The SMILES string of the molecule is CN(C(=O)COCc1ccccc1)c1ccccc1. The third-order valence-corrected chi connectivity index (χ3v) is 2.85. The summed E-state index contributed by atoms with van der Waals surface area (Å²) in [5.41, 5.74) is 1.94. The highest BCUT2D eigenvalue weighted by molar-refractivity contribution is 5.93. The lowest BCUT2D eigenvalue weighted by molar-refractivity contribution is -0.123. The van der Waals surface area contributed by atoms with Crippen LogP contribution in [-0.2, 0) is 16.1 Å². The maximum Gasteiger partial charge on any atom is 0.252 e. The van der Waals surface area contributed by atoms with Crippen molar-refractivity contribution in [2.24, 2.45) is 0 Å². The van der Waals surface area contributed by atoms with Crippen molar-refractivity contribution in [3.05, 3.63) is 66.2 Å². The molecule has 0 bridgehead atoms. The van der Waals surface area contributed by atoms with Crippen LogP contribution in [0.4, 0.5) is 5.69 Å². The molecule has 2 rings (SSSR count). The molecular weight excluding hydrogens is 238 g/mol. The van der Waals surface area contributed by atoms with Gasteiger partial charge < -0.3 is 9.64 Å². The first kappa shape index (κ1) is 13.3. The van der Waals surface area contributed by atoms with E-state index < -0.39 is 0 Å².